The minimum Gasteiger partial charge on any atom is -0.353 e. The summed E-state index contributed by atoms with van der Waals surface area (Å²) in [6, 6.07) is 14.4. The van der Waals surface area contributed by atoms with Crippen LogP contribution >= 0.6 is 23.1 Å². The Bertz CT molecular complexity index is 1780. The number of pyridine rings is 1. The molecule has 0 bridgehead atoms. The molecule has 1 aromatic carbocycles. The molecule has 242 valence electrons. The second-order valence-corrected chi connectivity index (χ2v) is 14.3. The second-order valence-electron chi connectivity index (χ2n) is 12.1. The maximum Gasteiger partial charge on any atom is 0.333 e. The Balaban J connectivity index is 1.08. The van der Waals surface area contributed by atoms with Crippen LogP contribution in [0.15, 0.2) is 69.7 Å². The fraction of sp³-hybridized carbons (Fsp3) is 0.441. The first kappa shape index (κ1) is 32.2. The zero-order valence-electron chi connectivity index (χ0n) is 25.6. The summed E-state index contributed by atoms with van der Waals surface area (Å²) in [7, 11) is 0. The maximum atomic E-state index is 14.2. The summed E-state index contributed by atoms with van der Waals surface area (Å²) in [5.74, 6) is 0.949. The van der Waals surface area contributed by atoms with E-state index in [9.17, 15) is 23.6 Å². The highest BCUT2D eigenvalue weighted by atomic mass is 32.2. The number of thioether (sulfide) groups is 1. The molecule has 9 nitrogen and oxygen atoms in total. The highest BCUT2D eigenvalue weighted by Gasteiger charge is 2.30. The van der Waals surface area contributed by atoms with Crippen LogP contribution in [0.2, 0.25) is 0 Å². The van der Waals surface area contributed by atoms with E-state index in [-0.39, 0.29) is 59.5 Å². The van der Waals surface area contributed by atoms with Gasteiger partial charge in [-0.25, -0.2) is 14.2 Å². The van der Waals surface area contributed by atoms with Crippen LogP contribution in [0.5, 0.6) is 0 Å². The van der Waals surface area contributed by atoms with E-state index in [0.29, 0.717) is 38.8 Å². The number of amides is 2. The maximum absolute atomic E-state index is 14.2. The van der Waals surface area contributed by atoms with E-state index in [4.69, 9.17) is 0 Å². The van der Waals surface area contributed by atoms with Gasteiger partial charge in [-0.05, 0) is 73.1 Å². The van der Waals surface area contributed by atoms with E-state index >= 15 is 0 Å². The molecule has 3 aromatic heterocycles. The molecule has 1 saturated heterocycles. The molecule has 1 aliphatic heterocycles. The molecular formula is C34H38FN5O4S2. The Kier molecular flexibility index (Phi) is 10.3. The van der Waals surface area contributed by atoms with Gasteiger partial charge in [0.2, 0.25) is 11.8 Å². The smallest absolute Gasteiger partial charge is 0.333 e. The number of rotatable bonds is 10. The molecule has 0 radical (unpaired) electrons. The van der Waals surface area contributed by atoms with Gasteiger partial charge in [-0.2, -0.15) is 11.8 Å². The first-order valence-electron chi connectivity index (χ1n) is 15.9. The lowest BCUT2D eigenvalue weighted by Crippen LogP contribution is -2.46. The molecule has 4 aromatic rings. The van der Waals surface area contributed by atoms with Crippen molar-refractivity contribution in [3.05, 3.63) is 97.2 Å². The summed E-state index contributed by atoms with van der Waals surface area (Å²) < 4.78 is 17.1. The highest BCUT2D eigenvalue weighted by molar-refractivity contribution is 7.99. The van der Waals surface area contributed by atoms with Crippen LogP contribution in [-0.4, -0.2) is 48.4 Å². The van der Waals surface area contributed by atoms with Gasteiger partial charge >= 0.3 is 5.69 Å². The molecule has 1 aliphatic carbocycles. The number of benzene rings is 1. The summed E-state index contributed by atoms with van der Waals surface area (Å²) in [6.45, 7) is 0.969. The predicted molar refractivity (Wildman–Crippen MR) is 180 cm³/mol. The molecule has 46 heavy (non-hydrogen) atoms. The number of aromatic nitrogens is 3. The van der Waals surface area contributed by atoms with Crippen molar-refractivity contribution in [2.24, 2.45) is 0 Å². The Morgan fingerprint density at radius 3 is 2.37 bits per heavy atom. The second kappa shape index (κ2) is 14.8. The van der Waals surface area contributed by atoms with Crippen molar-refractivity contribution in [3.8, 4) is 0 Å². The molecule has 0 spiro atoms. The molecule has 1 saturated carbocycles. The molecule has 0 unspecified atom stereocenters. The number of hydrogen-bond acceptors (Lipinski definition) is 7. The minimum atomic E-state index is -0.611. The van der Waals surface area contributed by atoms with Crippen LogP contribution < -0.4 is 16.6 Å². The van der Waals surface area contributed by atoms with Gasteiger partial charge in [0, 0.05) is 42.4 Å². The Morgan fingerprint density at radius 1 is 0.913 bits per heavy atom. The van der Waals surface area contributed by atoms with Crippen molar-refractivity contribution in [2.75, 3.05) is 11.5 Å². The van der Waals surface area contributed by atoms with Gasteiger partial charge < -0.3 is 10.2 Å². The van der Waals surface area contributed by atoms with Gasteiger partial charge in [-0.3, -0.25) is 23.5 Å². The Labute approximate surface area is 274 Å². The Hall–Kier alpha value is -3.77. The molecule has 0 atom stereocenters. The van der Waals surface area contributed by atoms with E-state index < -0.39 is 11.4 Å². The number of nitrogens with one attached hydrogen (secondary N) is 1. The van der Waals surface area contributed by atoms with Crippen molar-refractivity contribution in [1.29, 1.82) is 0 Å². The fourth-order valence-corrected chi connectivity index (χ4v) is 8.38. The zero-order valence-corrected chi connectivity index (χ0v) is 27.2. The van der Waals surface area contributed by atoms with Crippen molar-refractivity contribution in [1.82, 2.24) is 24.3 Å². The van der Waals surface area contributed by atoms with Gasteiger partial charge in [0.25, 0.3) is 5.56 Å². The van der Waals surface area contributed by atoms with Crippen LogP contribution in [0, 0.1) is 5.82 Å². The lowest BCUT2D eigenvalue weighted by molar-refractivity contribution is -0.134. The summed E-state index contributed by atoms with van der Waals surface area (Å²) in [6.07, 6.45) is 5.07. The monoisotopic (exact) mass is 663 g/mol. The largest absolute Gasteiger partial charge is 0.353 e. The van der Waals surface area contributed by atoms with E-state index in [1.807, 2.05) is 59.6 Å². The third kappa shape index (κ3) is 7.44. The Morgan fingerprint density at radius 2 is 1.65 bits per heavy atom. The first-order chi connectivity index (χ1) is 22.4. The summed E-state index contributed by atoms with van der Waals surface area (Å²) in [5.41, 5.74) is 0.381. The first-order valence-corrected chi connectivity index (χ1v) is 17.9. The normalized spacial score (nSPS) is 18.8. The molecule has 1 N–H and O–H groups in total. The highest BCUT2D eigenvalue weighted by Crippen LogP contribution is 2.30. The van der Waals surface area contributed by atoms with Crippen LogP contribution in [-0.2, 0) is 22.7 Å². The molecule has 2 fully saturated rings. The van der Waals surface area contributed by atoms with E-state index in [1.165, 1.54) is 10.6 Å². The standard InChI is InChI=1S/C34H38FN5O4S2/c35-24-19-29-32(36-20-24)39(27-14-17-45-18-15-27)34(44)40(33(29)43)26-10-8-25(9-11-26)37-30(41)12-13-31(42)38(22-28-7-4-16-46-28)21-23-5-2-1-3-6-23/h1-7,16,19-20,25-27H,8-15,17-18,21-22H2,(H,37,41)/t25-,26+. The molecule has 2 aliphatic rings. The number of thiophene rings is 1. The fourth-order valence-electron chi connectivity index (χ4n) is 6.58. The number of nitrogens with zero attached hydrogens (tertiary/aromatic N) is 4. The van der Waals surface area contributed by atoms with Crippen LogP contribution in [0.3, 0.4) is 0 Å². The van der Waals surface area contributed by atoms with Gasteiger partial charge in [-0.15, -0.1) is 11.3 Å². The zero-order chi connectivity index (χ0) is 32.0. The lowest BCUT2D eigenvalue weighted by Gasteiger charge is -2.31. The number of hydrogen-bond donors (Lipinski definition) is 1. The van der Waals surface area contributed by atoms with Crippen molar-refractivity contribution >= 4 is 45.9 Å². The van der Waals surface area contributed by atoms with E-state index in [2.05, 4.69) is 10.3 Å². The van der Waals surface area contributed by atoms with Gasteiger partial charge in [0.1, 0.15) is 11.5 Å². The SMILES string of the molecule is O=C(CCC(=O)N(Cc1ccccc1)Cc1cccs1)N[C@H]1CC[C@@H](n2c(=O)c3cc(F)cnc3n(C3CCSCC3)c2=O)CC1. The lowest BCUT2D eigenvalue weighted by atomic mass is 9.90. The van der Waals surface area contributed by atoms with Gasteiger partial charge in [0.05, 0.1) is 18.1 Å². The van der Waals surface area contributed by atoms with Gasteiger partial charge in [-0.1, -0.05) is 36.4 Å². The summed E-state index contributed by atoms with van der Waals surface area (Å²) in [4.78, 5) is 60.6. The van der Waals surface area contributed by atoms with Crippen LogP contribution in [0.1, 0.15) is 73.9 Å². The minimum absolute atomic E-state index is 0.0782. The van der Waals surface area contributed by atoms with Crippen molar-refractivity contribution in [3.63, 3.8) is 0 Å². The van der Waals surface area contributed by atoms with Crippen molar-refractivity contribution < 1.29 is 14.0 Å². The van der Waals surface area contributed by atoms with Crippen LogP contribution in [0.25, 0.3) is 11.0 Å². The predicted octanol–water partition coefficient (Wildman–Crippen LogP) is 5.44. The van der Waals surface area contributed by atoms with Crippen LogP contribution in [0.4, 0.5) is 4.39 Å². The quantitative estimate of drug-likeness (QED) is 0.243. The molecule has 4 heterocycles. The third-order valence-electron chi connectivity index (χ3n) is 8.97. The van der Waals surface area contributed by atoms with Gasteiger partial charge in [0.15, 0.2) is 0 Å². The molecular weight excluding hydrogens is 626 g/mol. The molecule has 12 heteroatoms. The number of halogens is 1. The van der Waals surface area contributed by atoms with E-state index in [0.717, 1.165) is 41.0 Å². The number of carbonyl (C=O) groups excluding carboxylic acids is 2. The average Bonchev–Trinajstić information content (AvgIpc) is 3.59. The van der Waals surface area contributed by atoms with E-state index in [1.54, 1.807) is 20.8 Å². The number of fused-ring (bicyclic) bond motifs is 1. The topological polar surface area (TPSA) is 106 Å². The summed E-state index contributed by atoms with van der Waals surface area (Å²) >= 11 is 3.43. The molecule has 6 rings (SSSR count). The number of carbonyl (C=O) groups is 2. The third-order valence-corrected chi connectivity index (χ3v) is 10.9. The summed E-state index contributed by atoms with van der Waals surface area (Å²) in [5, 5.41) is 5.18. The average molecular weight is 664 g/mol. The van der Waals surface area contributed by atoms with Crippen molar-refractivity contribution in [2.45, 2.75) is 82.6 Å². The molecule has 2 amide bonds.